The lowest BCUT2D eigenvalue weighted by molar-refractivity contribution is -0.123. The van der Waals surface area contributed by atoms with E-state index in [9.17, 15) is 4.79 Å². The Morgan fingerprint density at radius 2 is 2.21 bits per heavy atom. The molecule has 3 aromatic rings. The lowest BCUT2D eigenvalue weighted by atomic mass is 10.0. The van der Waals surface area contributed by atoms with Crippen LogP contribution in [0.25, 0.3) is 11.0 Å². The quantitative estimate of drug-likeness (QED) is 0.735. The molecule has 4 rings (SSSR count). The van der Waals surface area contributed by atoms with E-state index in [1.54, 1.807) is 18.5 Å². The maximum atomic E-state index is 12.7. The number of rotatable bonds is 5. The summed E-state index contributed by atoms with van der Waals surface area (Å²) in [7, 11) is 0. The van der Waals surface area contributed by atoms with Gasteiger partial charge in [-0.05, 0) is 43.5 Å². The van der Waals surface area contributed by atoms with Crippen LogP contribution < -0.4 is 10.1 Å². The summed E-state index contributed by atoms with van der Waals surface area (Å²) in [5.74, 6) is 0.480. The molecule has 3 heterocycles. The summed E-state index contributed by atoms with van der Waals surface area (Å²) < 4.78 is 17.1. The van der Waals surface area contributed by atoms with Crippen LogP contribution >= 0.6 is 0 Å². The van der Waals surface area contributed by atoms with Gasteiger partial charge >= 0.3 is 0 Å². The van der Waals surface area contributed by atoms with Crippen molar-refractivity contribution >= 4 is 16.9 Å². The minimum atomic E-state index is -0.266. The Bertz CT molecular complexity index is 967. The third kappa shape index (κ3) is 4.02. The van der Waals surface area contributed by atoms with E-state index < -0.39 is 0 Å². The highest BCUT2D eigenvalue weighted by atomic mass is 16.5. The van der Waals surface area contributed by atoms with Gasteiger partial charge in [0.15, 0.2) is 0 Å². The van der Waals surface area contributed by atoms with Crippen LogP contribution in [-0.2, 0) is 16.0 Å². The molecule has 0 saturated carbocycles. The highest BCUT2D eigenvalue weighted by molar-refractivity contribution is 5.90. The number of pyridine rings is 1. The molecule has 28 heavy (non-hydrogen) atoms. The molecular formula is C22H24N2O4. The number of aromatic nitrogens is 1. The number of ether oxygens (including phenoxy) is 2. The Morgan fingerprint density at radius 3 is 3.04 bits per heavy atom. The molecule has 1 fully saturated rings. The molecule has 2 atom stereocenters. The van der Waals surface area contributed by atoms with Gasteiger partial charge in [0.25, 0.3) is 0 Å². The minimum Gasteiger partial charge on any atom is -0.470 e. The maximum absolute atomic E-state index is 12.7. The van der Waals surface area contributed by atoms with Gasteiger partial charge in [0.1, 0.15) is 11.7 Å². The van der Waals surface area contributed by atoms with Crippen molar-refractivity contribution in [3.63, 3.8) is 0 Å². The number of nitrogens with one attached hydrogen (secondary N) is 1. The van der Waals surface area contributed by atoms with Gasteiger partial charge in [0, 0.05) is 29.8 Å². The number of fused-ring (bicyclic) bond motifs is 1. The predicted molar refractivity (Wildman–Crippen MR) is 105 cm³/mol. The molecule has 0 aliphatic carbocycles. The molecule has 0 spiro atoms. The topological polar surface area (TPSA) is 73.6 Å². The van der Waals surface area contributed by atoms with Gasteiger partial charge in [-0.3, -0.25) is 4.79 Å². The van der Waals surface area contributed by atoms with Crippen molar-refractivity contribution in [3.05, 3.63) is 59.5 Å². The molecule has 6 heteroatoms. The minimum absolute atomic E-state index is 0.0517. The maximum Gasteiger partial charge on any atom is 0.224 e. The lowest BCUT2D eigenvalue weighted by Crippen LogP contribution is -2.51. The van der Waals surface area contributed by atoms with Gasteiger partial charge in [0.05, 0.1) is 25.3 Å². The van der Waals surface area contributed by atoms with Gasteiger partial charge in [-0.25, -0.2) is 4.98 Å². The van der Waals surface area contributed by atoms with Gasteiger partial charge in [-0.15, -0.1) is 0 Å². The number of aryl methyl sites for hydroxylation is 2. The zero-order valence-corrected chi connectivity index (χ0v) is 16.1. The van der Waals surface area contributed by atoms with Crippen molar-refractivity contribution in [2.75, 3.05) is 13.2 Å². The molecular weight excluding hydrogens is 356 g/mol. The highest BCUT2D eigenvalue weighted by Crippen LogP contribution is 2.26. The first kappa shape index (κ1) is 18.5. The summed E-state index contributed by atoms with van der Waals surface area (Å²) in [5, 5.41) is 4.13. The first-order valence-electron chi connectivity index (χ1n) is 9.52. The Hall–Kier alpha value is -2.86. The van der Waals surface area contributed by atoms with Crippen LogP contribution in [0.4, 0.5) is 0 Å². The number of carbonyl (C=O) groups excluding carboxylic acids is 1. The van der Waals surface area contributed by atoms with Crippen LogP contribution in [0.5, 0.6) is 5.88 Å². The van der Waals surface area contributed by atoms with Crippen molar-refractivity contribution in [1.82, 2.24) is 10.3 Å². The fourth-order valence-electron chi connectivity index (χ4n) is 3.75. The number of benzene rings is 1. The second-order valence-corrected chi connectivity index (χ2v) is 7.25. The summed E-state index contributed by atoms with van der Waals surface area (Å²) >= 11 is 0. The molecule has 0 unspecified atom stereocenters. The van der Waals surface area contributed by atoms with Crippen molar-refractivity contribution in [1.29, 1.82) is 0 Å². The van der Waals surface area contributed by atoms with Crippen LogP contribution in [-0.4, -0.2) is 36.3 Å². The summed E-state index contributed by atoms with van der Waals surface area (Å²) in [6, 6.07) is 9.49. The molecule has 0 radical (unpaired) electrons. The molecule has 1 saturated heterocycles. The van der Waals surface area contributed by atoms with E-state index in [1.165, 1.54) is 0 Å². The first-order valence-corrected chi connectivity index (χ1v) is 9.52. The highest BCUT2D eigenvalue weighted by Gasteiger charge is 2.29. The van der Waals surface area contributed by atoms with E-state index in [-0.39, 0.29) is 24.5 Å². The molecule has 2 aromatic heterocycles. The van der Waals surface area contributed by atoms with Crippen LogP contribution in [0.15, 0.2) is 47.2 Å². The number of furan rings is 1. The normalized spacial score (nSPS) is 19.5. The number of amides is 1. The van der Waals surface area contributed by atoms with Crippen molar-refractivity contribution in [2.24, 2.45) is 0 Å². The fourth-order valence-corrected chi connectivity index (χ4v) is 3.75. The van der Waals surface area contributed by atoms with E-state index in [1.807, 2.05) is 32.0 Å². The van der Waals surface area contributed by atoms with E-state index in [4.69, 9.17) is 13.9 Å². The monoisotopic (exact) mass is 380 g/mol. The second kappa shape index (κ2) is 8.02. The summed E-state index contributed by atoms with van der Waals surface area (Å²) in [6.45, 7) is 5.10. The molecule has 0 bridgehead atoms. The first-order chi connectivity index (χ1) is 13.6. The predicted octanol–water partition coefficient (Wildman–Crippen LogP) is 3.34. The summed E-state index contributed by atoms with van der Waals surface area (Å²) in [4.78, 5) is 16.9. The van der Waals surface area contributed by atoms with E-state index in [0.717, 1.165) is 27.7 Å². The van der Waals surface area contributed by atoms with Gasteiger partial charge in [0.2, 0.25) is 11.8 Å². The number of nitrogens with zero attached hydrogens (tertiary/aromatic N) is 1. The molecule has 1 aliphatic rings. The average Bonchev–Trinajstić information content (AvgIpc) is 3.07. The van der Waals surface area contributed by atoms with Crippen molar-refractivity contribution in [2.45, 2.75) is 38.8 Å². The van der Waals surface area contributed by atoms with E-state index in [2.05, 4.69) is 16.4 Å². The molecule has 1 aromatic carbocycles. The van der Waals surface area contributed by atoms with Gasteiger partial charge in [-0.1, -0.05) is 12.1 Å². The Labute approximate surface area is 163 Å². The van der Waals surface area contributed by atoms with Gasteiger partial charge in [-0.2, -0.15) is 0 Å². The van der Waals surface area contributed by atoms with Gasteiger partial charge < -0.3 is 19.2 Å². The fraction of sp³-hybridized carbons (Fsp3) is 0.364. The smallest absolute Gasteiger partial charge is 0.224 e. The van der Waals surface area contributed by atoms with Crippen LogP contribution in [0.3, 0.4) is 0 Å². The molecule has 1 N–H and O–H groups in total. The molecule has 1 amide bonds. The standard InChI is InChI=1S/C22H24N2O4/c1-14-9-15(2)22-16(12-27-18(22)10-14)11-20(25)24-17-6-8-26-13-19(17)28-21-5-3-4-7-23-21/h3-5,7,9-10,12,17,19H,6,8,11,13H2,1-2H3,(H,24,25)/t17-,19-/m1/s1. The Kier molecular flexibility index (Phi) is 5.30. The van der Waals surface area contributed by atoms with E-state index in [0.29, 0.717) is 25.5 Å². The Balaban J connectivity index is 1.45. The molecule has 6 nitrogen and oxygen atoms in total. The molecule has 1 aliphatic heterocycles. The second-order valence-electron chi connectivity index (χ2n) is 7.25. The Morgan fingerprint density at radius 1 is 1.32 bits per heavy atom. The van der Waals surface area contributed by atoms with Crippen molar-refractivity contribution in [3.8, 4) is 5.88 Å². The molecule has 146 valence electrons. The number of carbonyl (C=O) groups is 1. The number of hydrogen-bond donors (Lipinski definition) is 1. The largest absolute Gasteiger partial charge is 0.470 e. The third-order valence-corrected chi connectivity index (χ3v) is 5.00. The lowest BCUT2D eigenvalue weighted by Gasteiger charge is -2.32. The zero-order chi connectivity index (χ0) is 19.5. The summed E-state index contributed by atoms with van der Waals surface area (Å²) in [6.07, 6.45) is 4.07. The SMILES string of the molecule is Cc1cc(C)c2c(CC(=O)N[C@@H]3CCOC[C@H]3Oc3ccccn3)coc2c1. The number of hydrogen-bond acceptors (Lipinski definition) is 5. The van der Waals surface area contributed by atoms with Crippen molar-refractivity contribution < 1.29 is 18.7 Å². The van der Waals surface area contributed by atoms with Crippen LogP contribution in [0.1, 0.15) is 23.1 Å². The average molecular weight is 380 g/mol. The third-order valence-electron chi connectivity index (χ3n) is 5.00. The van der Waals surface area contributed by atoms with E-state index >= 15 is 0 Å². The van der Waals surface area contributed by atoms with Crippen LogP contribution in [0, 0.1) is 13.8 Å². The zero-order valence-electron chi connectivity index (χ0n) is 16.1. The summed E-state index contributed by atoms with van der Waals surface area (Å²) in [5.41, 5.74) is 3.99. The van der Waals surface area contributed by atoms with Crippen LogP contribution in [0.2, 0.25) is 0 Å².